The van der Waals surface area contributed by atoms with E-state index < -0.39 is 6.04 Å². The summed E-state index contributed by atoms with van der Waals surface area (Å²) in [5.41, 5.74) is 2.46. The number of ether oxygens (including phenoxy) is 3. The fourth-order valence-corrected chi connectivity index (χ4v) is 3.53. The van der Waals surface area contributed by atoms with Crippen molar-refractivity contribution in [3.05, 3.63) is 53.6 Å². The number of carbonyl (C=O) groups excluding carboxylic acids is 2. The van der Waals surface area contributed by atoms with Crippen LogP contribution < -0.4 is 20.1 Å². The standard InChI is InChI=1S/C24H30N2O5/c1-16-6-11-21(23(13-16)31-15-20-5-4-12-30-20)26-24(28)14-22(25-17(2)27)18-7-9-19(29-3)10-8-18/h6-11,13,20,22H,4-5,12,14-15H2,1-3H3,(H,25,27)(H,26,28). The van der Waals surface area contributed by atoms with Crippen LogP contribution in [0.5, 0.6) is 11.5 Å². The topological polar surface area (TPSA) is 85.9 Å². The number of aryl methyl sites for hydroxylation is 1. The normalized spacial score (nSPS) is 16.4. The van der Waals surface area contributed by atoms with Crippen molar-refractivity contribution in [2.24, 2.45) is 0 Å². The Hall–Kier alpha value is -3.06. The monoisotopic (exact) mass is 426 g/mol. The van der Waals surface area contributed by atoms with E-state index in [1.54, 1.807) is 19.2 Å². The smallest absolute Gasteiger partial charge is 0.226 e. The SMILES string of the molecule is COc1ccc(C(CC(=O)Nc2ccc(C)cc2OCC2CCCO2)NC(C)=O)cc1. The van der Waals surface area contributed by atoms with Crippen LogP contribution in [0, 0.1) is 6.92 Å². The van der Waals surface area contributed by atoms with Gasteiger partial charge in [0.05, 0.1) is 31.4 Å². The minimum absolute atomic E-state index is 0.0864. The molecule has 0 bridgehead atoms. The zero-order chi connectivity index (χ0) is 22.2. The molecule has 1 fully saturated rings. The Bertz CT molecular complexity index is 891. The van der Waals surface area contributed by atoms with Gasteiger partial charge in [0.2, 0.25) is 11.8 Å². The lowest BCUT2D eigenvalue weighted by atomic mass is 10.0. The summed E-state index contributed by atoms with van der Waals surface area (Å²) in [6.07, 6.45) is 2.20. The predicted octanol–water partition coefficient (Wildman–Crippen LogP) is 3.77. The van der Waals surface area contributed by atoms with Crippen LogP contribution in [0.25, 0.3) is 0 Å². The van der Waals surface area contributed by atoms with Gasteiger partial charge in [-0.2, -0.15) is 0 Å². The molecule has 0 aliphatic carbocycles. The maximum absolute atomic E-state index is 12.8. The second-order valence-electron chi connectivity index (χ2n) is 7.72. The highest BCUT2D eigenvalue weighted by molar-refractivity contribution is 5.93. The van der Waals surface area contributed by atoms with Crippen LogP contribution in [-0.2, 0) is 14.3 Å². The Morgan fingerprint density at radius 1 is 1.19 bits per heavy atom. The maximum Gasteiger partial charge on any atom is 0.226 e. The van der Waals surface area contributed by atoms with E-state index in [-0.39, 0.29) is 24.3 Å². The van der Waals surface area contributed by atoms with Gasteiger partial charge >= 0.3 is 0 Å². The summed E-state index contributed by atoms with van der Waals surface area (Å²) in [7, 11) is 1.59. The third-order valence-electron chi connectivity index (χ3n) is 5.15. The maximum atomic E-state index is 12.8. The molecule has 0 radical (unpaired) electrons. The number of carbonyl (C=O) groups is 2. The van der Waals surface area contributed by atoms with Gasteiger partial charge in [0.1, 0.15) is 18.1 Å². The molecule has 0 spiro atoms. The first-order valence-corrected chi connectivity index (χ1v) is 10.5. The molecule has 1 aliphatic heterocycles. The van der Waals surface area contributed by atoms with E-state index in [9.17, 15) is 9.59 Å². The highest BCUT2D eigenvalue weighted by Gasteiger charge is 2.20. The van der Waals surface area contributed by atoms with Gasteiger partial charge in [-0.15, -0.1) is 0 Å². The van der Waals surface area contributed by atoms with Crippen LogP contribution in [0.2, 0.25) is 0 Å². The lowest BCUT2D eigenvalue weighted by molar-refractivity contribution is -0.120. The van der Waals surface area contributed by atoms with Gasteiger partial charge < -0.3 is 24.8 Å². The average Bonchev–Trinajstić information content (AvgIpc) is 3.27. The van der Waals surface area contributed by atoms with Gasteiger partial charge in [0.25, 0.3) is 0 Å². The molecule has 0 saturated carbocycles. The Balaban J connectivity index is 1.68. The summed E-state index contributed by atoms with van der Waals surface area (Å²) in [4.78, 5) is 24.5. The number of nitrogens with one attached hydrogen (secondary N) is 2. The number of anilines is 1. The molecule has 7 heteroatoms. The van der Waals surface area contributed by atoms with Gasteiger partial charge in [-0.25, -0.2) is 0 Å². The van der Waals surface area contributed by atoms with Gasteiger partial charge in [-0.1, -0.05) is 18.2 Å². The first-order valence-electron chi connectivity index (χ1n) is 10.5. The number of benzene rings is 2. The minimum atomic E-state index is -0.454. The van der Waals surface area contributed by atoms with E-state index in [0.717, 1.165) is 30.6 Å². The zero-order valence-corrected chi connectivity index (χ0v) is 18.3. The van der Waals surface area contributed by atoms with Gasteiger partial charge in [-0.05, 0) is 55.2 Å². The molecule has 3 rings (SSSR count). The molecule has 2 N–H and O–H groups in total. The average molecular weight is 427 g/mol. The highest BCUT2D eigenvalue weighted by atomic mass is 16.5. The van der Waals surface area contributed by atoms with Gasteiger partial charge in [0, 0.05) is 13.5 Å². The molecule has 1 aliphatic rings. The zero-order valence-electron chi connectivity index (χ0n) is 18.3. The molecular weight excluding hydrogens is 396 g/mol. The number of hydrogen-bond acceptors (Lipinski definition) is 5. The van der Waals surface area contributed by atoms with Crippen LogP contribution in [-0.4, -0.2) is 38.2 Å². The van der Waals surface area contributed by atoms with E-state index in [4.69, 9.17) is 14.2 Å². The largest absolute Gasteiger partial charge is 0.497 e. The second kappa shape index (κ2) is 10.8. The molecule has 166 valence electrons. The predicted molar refractivity (Wildman–Crippen MR) is 118 cm³/mol. The molecule has 2 atom stereocenters. The Morgan fingerprint density at radius 3 is 2.61 bits per heavy atom. The van der Waals surface area contributed by atoms with Crippen LogP contribution >= 0.6 is 0 Å². The summed E-state index contributed by atoms with van der Waals surface area (Å²) in [5, 5.41) is 5.78. The van der Waals surface area contributed by atoms with Crippen molar-refractivity contribution in [2.75, 3.05) is 25.6 Å². The third-order valence-corrected chi connectivity index (χ3v) is 5.15. The van der Waals surface area contributed by atoms with E-state index in [1.165, 1.54) is 6.92 Å². The van der Waals surface area contributed by atoms with Crippen molar-refractivity contribution >= 4 is 17.5 Å². The first-order chi connectivity index (χ1) is 14.9. The lowest BCUT2D eigenvalue weighted by Crippen LogP contribution is -2.29. The fraction of sp³-hybridized carbons (Fsp3) is 0.417. The van der Waals surface area contributed by atoms with Gasteiger partial charge in [0.15, 0.2) is 0 Å². The first kappa shape index (κ1) is 22.6. The summed E-state index contributed by atoms with van der Waals surface area (Å²) >= 11 is 0. The molecule has 0 aromatic heterocycles. The van der Waals surface area contributed by atoms with Crippen molar-refractivity contribution in [1.82, 2.24) is 5.32 Å². The van der Waals surface area contributed by atoms with Gasteiger partial charge in [-0.3, -0.25) is 9.59 Å². The summed E-state index contributed by atoms with van der Waals surface area (Å²) in [6.45, 7) is 4.63. The molecule has 1 heterocycles. The van der Waals surface area contributed by atoms with Crippen molar-refractivity contribution in [2.45, 2.75) is 45.3 Å². The molecule has 2 amide bonds. The van der Waals surface area contributed by atoms with Crippen LogP contribution in [0.1, 0.15) is 43.4 Å². The lowest BCUT2D eigenvalue weighted by Gasteiger charge is -2.20. The molecule has 7 nitrogen and oxygen atoms in total. The number of hydrogen-bond donors (Lipinski definition) is 2. The Kier molecular flexibility index (Phi) is 7.89. The van der Waals surface area contributed by atoms with Crippen LogP contribution in [0.3, 0.4) is 0 Å². The summed E-state index contributed by atoms with van der Waals surface area (Å²) < 4.78 is 16.8. The fourth-order valence-electron chi connectivity index (χ4n) is 3.53. The van der Waals surface area contributed by atoms with E-state index in [2.05, 4.69) is 10.6 Å². The number of amides is 2. The minimum Gasteiger partial charge on any atom is -0.497 e. The van der Waals surface area contributed by atoms with E-state index >= 15 is 0 Å². The third kappa shape index (κ3) is 6.72. The quantitative estimate of drug-likeness (QED) is 0.638. The molecule has 2 unspecified atom stereocenters. The Morgan fingerprint density at radius 2 is 1.97 bits per heavy atom. The molecule has 2 aromatic rings. The van der Waals surface area contributed by atoms with E-state index in [0.29, 0.717) is 23.8 Å². The van der Waals surface area contributed by atoms with Crippen LogP contribution in [0.15, 0.2) is 42.5 Å². The highest BCUT2D eigenvalue weighted by Crippen LogP contribution is 2.28. The molecule has 31 heavy (non-hydrogen) atoms. The second-order valence-corrected chi connectivity index (χ2v) is 7.72. The molecule has 2 aromatic carbocycles. The van der Waals surface area contributed by atoms with Crippen molar-refractivity contribution < 1.29 is 23.8 Å². The molecular formula is C24H30N2O5. The van der Waals surface area contributed by atoms with Crippen molar-refractivity contribution in [3.63, 3.8) is 0 Å². The van der Waals surface area contributed by atoms with Crippen molar-refractivity contribution in [1.29, 1.82) is 0 Å². The Labute approximate surface area is 183 Å². The van der Waals surface area contributed by atoms with Crippen molar-refractivity contribution in [3.8, 4) is 11.5 Å². The van der Waals surface area contributed by atoms with Crippen LogP contribution in [0.4, 0.5) is 5.69 Å². The summed E-state index contributed by atoms with van der Waals surface area (Å²) in [5.74, 6) is 0.900. The van der Waals surface area contributed by atoms with E-state index in [1.807, 2.05) is 37.3 Å². The number of methoxy groups -OCH3 is 1. The molecule has 1 saturated heterocycles. The summed E-state index contributed by atoms with van der Waals surface area (Å²) in [6, 6.07) is 12.5. The number of rotatable bonds is 9.